The van der Waals surface area contributed by atoms with Crippen molar-refractivity contribution >= 4 is 0 Å². The van der Waals surface area contributed by atoms with Crippen LogP contribution in [0.1, 0.15) is 19.3 Å². The third-order valence-electron chi connectivity index (χ3n) is 3.67. The Kier molecular flexibility index (Phi) is 1.66. The van der Waals surface area contributed by atoms with Crippen molar-refractivity contribution < 1.29 is 4.74 Å². The molecule has 12 heavy (non-hydrogen) atoms. The predicted octanol–water partition coefficient (Wildman–Crippen LogP) is 1.12. The number of fused-ring (bicyclic) bond motifs is 1. The van der Waals surface area contributed by atoms with Gasteiger partial charge >= 0.3 is 0 Å². The summed E-state index contributed by atoms with van der Waals surface area (Å²) in [6, 6.07) is 0. The van der Waals surface area contributed by atoms with E-state index in [1.54, 1.807) is 0 Å². The molecule has 2 heterocycles. The average Bonchev–Trinajstić information content (AvgIpc) is 2.56. The first kappa shape index (κ1) is 7.34. The zero-order chi connectivity index (χ0) is 7.97. The number of epoxide rings is 1. The van der Waals surface area contributed by atoms with Gasteiger partial charge in [-0.2, -0.15) is 0 Å². The van der Waals surface area contributed by atoms with Crippen LogP contribution in [0.2, 0.25) is 0 Å². The van der Waals surface area contributed by atoms with Gasteiger partial charge < -0.3 is 9.64 Å². The number of ether oxygens (including phenoxy) is 1. The number of hydrogen-bond acceptors (Lipinski definition) is 2. The van der Waals surface area contributed by atoms with Gasteiger partial charge in [-0.15, -0.1) is 0 Å². The lowest BCUT2D eigenvalue weighted by Crippen LogP contribution is -2.26. The van der Waals surface area contributed by atoms with Crippen molar-refractivity contribution in [1.82, 2.24) is 4.90 Å². The summed E-state index contributed by atoms with van der Waals surface area (Å²) in [6.45, 7) is 4.97. The minimum absolute atomic E-state index is 0.601. The molecule has 2 saturated heterocycles. The molecule has 68 valence electrons. The number of likely N-dealkylation sites (tertiary alicyclic amines) is 1. The third-order valence-corrected chi connectivity index (χ3v) is 3.67. The predicted molar refractivity (Wildman–Crippen MR) is 47.0 cm³/mol. The van der Waals surface area contributed by atoms with Crippen LogP contribution in [-0.4, -0.2) is 37.2 Å². The fourth-order valence-corrected chi connectivity index (χ4v) is 2.94. The number of nitrogens with zero attached hydrogens (tertiary/aromatic N) is 1. The zero-order valence-electron chi connectivity index (χ0n) is 7.54. The molecule has 2 heteroatoms. The van der Waals surface area contributed by atoms with Crippen molar-refractivity contribution in [2.24, 2.45) is 11.8 Å². The largest absolute Gasteiger partial charge is 0.372 e. The molecular formula is C10H17NO. The number of hydrogen-bond donors (Lipinski definition) is 0. The van der Waals surface area contributed by atoms with Gasteiger partial charge in [0, 0.05) is 19.6 Å². The van der Waals surface area contributed by atoms with E-state index in [0.717, 1.165) is 18.4 Å². The van der Waals surface area contributed by atoms with Gasteiger partial charge in [-0.05, 0) is 24.7 Å². The van der Waals surface area contributed by atoms with E-state index in [1.165, 1.54) is 38.9 Å². The first-order chi connectivity index (χ1) is 5.92. The summed E-state index contributed by atoms with van der Waals surface area (Å²) in [4.78, 5) is 2.62. The maximum Gasteiger partial charge on any atom is 0.0936 e. The van der Waals surface area contributed by atoms with Crippen molar-refractivity contribution in [2.45, 2.75) is 25.4 Å². The molecule has 0 aromatic rings. The molecule has 0 aromatic heterocycles. The molecule has 3 fully saturated rings. The smallest absolute Gasteiger partial charge is 0.0936 e. The van der Waals surface area contributed by atoms with Crippen LogP contribution in [0.3, 0.4) is 0 Å². The highest BCUT2D eigenvalue weighted by atomic mass is 16.6. The molecule has 0 aromatic carbocycles. The molecule has 2 aliphatic heterocycles. The summed E-state index contributed by atoms with van der Waals surface area (Å²) in [5, 5.41) is 0. The fraction of sp³-hybridized carbons (Fsp3) is 1.00. The molecule has 0 radical (unpaired) electrons. The van der Waals surface area contributed by atoms with E-state index in [9.17, 15) is 0 Å². The Labute approximate surface area is 73.9 Å². The maximum absolute atomic E-state index is 5.25. The van der Waals surface area contributed by atoms with Crippen molar-refractivity contribution in [1.29, 1.82) is 0 Å². The SMILES string of the molecule is C1CC2CN(C[C@@H]3CO3)CC2C1. The van der Waals surface area contributed by atoms with Crippen LogP contribution < -0.4 is 0 Å². The summed E-state index contributed by atoms with van der Waals surface area (Å²) >= 11 is 0. The summed E-state index contributed by atoms with van der Waals surface area (Å²) < 4.78 is 5.25. The van der Waals surface area contributed by atoms with Gasteiger partial charge in [0.25, 0.3) is 0 Å². The molecule has 2 unspecified atom stereocenters. The highest BCUT2D eigenvalue weighted by molar-refractivity contribution is 4.90. The van der Waals surface area contributed by atoms with E-state index in [2.05, 4.69) is 4.90 Å². The van der Waals surface area contributed by atoms with Crippen molar-refractivity contribution in [3.63, 3.8) is 0 Å². The normalized spacial score (nSPS) is 46.5. The Morgan fingerprint density at radius 1 is 1.17 bits per heavy atom. The highest BCUT2D eigenvalue weighted by Crippen LogP contribution is 2.37. The van der Waals surface area contributed by atoms with Gasteiger partial charge in [-0.3, -0.25) is 0 Å². The van der Waals surface area contributed by atoms with E-state index < -0.39 is 0 Å². The molecule has 1 aliphatic carbocycles. The lowest BCUT2D eigenvalue weighted by atomic mass is 10.0. The Morgan fingerprint density at radius 3 is 2.42 bits per heavy atom. The first-order valence-electron chi connectivity index (χ1n) is 5.26. The molecule has 3 aliphatic rings. The average molecular weight is 167 g/mol. The Morgan fingerprint density at radius 2 is 1.83 bits per heavy atom. The Balaban J connectivity index is 1.56. The van der Waals surface area contributed by atoms with Gasteiger partial charge in [-0.1, -0.05) is 6.42 Å². The van der Waals surface area contributed by atoms with Gasteiger partial charge in [0.2, 0.25) is 0 Å². The second kappa shape index (κ2) is 2.71. The monoisotopic (exact) mass is 167 g/mol. The lowest BCUT2D eigenvalue weighted by molar-refractivity contribution is 0.269. The third kappa shape index (κ3) is 1.27. The maximum atomic E-state index is 5.25. The molecule has 0 bridgehead atoms. The molecule has 0 amide bonds. The minimum atomic E-state index is 0.601. The molecule has 3 atom stereocenters. The van der Waals surface area contributed by atoms with E-state index in [0.29, 0.717) is 6.10 Å². The van der Waals surface area contributed by atoms with E-state index >= 15 is 0 Å². The quantitative estimate of drug-likeness (QED) is 0.573. The first-order valence-corrected chi connectivity index (χ1v) is 5.26. The number of rotatable bonds is 2. The second-order valence-corrected chi connectivity index (χ2v) is 4.62. The van der Waals surface area contributed by atoms with Crippen molar-refractivity contribution in [3.05, 3.63) is 0 Å². The van der Waals surface area contributed by atoms with Gasteiger partial charge in [0.05, 0.1) is 12.7 Å². The summed E-state index contributed by atoms with van der Waals surface area (Å²) in [5.74, 6) is 2.09. The van der Waals surface area contributed by atoms with Gasteiger partial charge in [0.15, 0.2) is 0 Å². The van der Waals surface area contributed by atoms with Crippen LogP contribution in [0.4, 0.5) is 0 Å². The van der Waals surface area contributed by atoms with E-state index in [-0.39, 0.29) is 0 Å². The summed E-state index contributed by atoms with van der Waals surface area (Å²) in [5.41, 5.74) is 0. The molecular weight excluding hydrogens is 150 g/mol. The second-order valence-electron chi connectivity index (χ2n) is 4.62. The van der Waals surface area contributed by atoms with E-state index in [1.807, 2.05) is 0 Å². The summed E-state index contributed by atoms with van der Waals surface area (Å²) in [7, 11) is 0. The van der Waals surface area contributed by atoms with Crippen molar-refractivity contribution in [3.8, 4) is 0 Å². The topological polar surface area (TPSA) is 15.8 Å². The standard InChI is InChI=1S/C10H17NO/c1-2-8-4-11(5-9(8)3-1)6-10-7-12-10/h8-10H,1-7H2/t8?,9?,10-/m1/s1. The van der Waals surface area contributed by atoms with Crippen LogP contribution in [0.5, 0.6) is 0 Å². The van der Waals surface area contributed by atoms with Crippen LogP contribution in [0.25, 0.3) is 0 Å². The highest BCUT2D eigenvalue weighted by Gasteiger charge is 2.38. The molecule has 0 spiro atoms. The van der Waals surface area contributed by atoms with Crippen molar-refractivity contribution in [2.75, 3.05) is 26.2 Å². The van der Waals surface area contributed by atoms with Crippen LogP contribution in [0.15, 0.2) is 0 Å². The van der Waals surface area contributed by atoms with Gasteiger partial charge in [-0.25, -0.2) is 0 Å². The van der Waals surface area contributed by atoms with Crippen LogP contribution in [-0.2, 0) is 4.74 Å². The Hall–Kier alpha value is -0.0800. The van der Waals surface area contributed by atoms with Crippen LogP contribution in [0, 0.1) is 11.8 Å². The lowest BCUT2D eigenvalue weighted by Gasteiger charge is -2.14. The molecule has 0 N–H and O–H groups in total. The van der Waals surface area contributed by atoms with E-state index in [4.69, 9.17) is 4.74 Å². The molecule has 2 nitrogen and oxygen atoms in total. The summed E-state index contributed by atoms with van der Waals surface area (Å²) in [6.07, 6.45) is 5.08. The zero-order valence-corrected chi connectivity index (χ0v) is 7.54. The van der Waals surface area contributed by atoms with Gasteiger partial charge in [0.1, 0.15) is 0 Å². The fourth-order valence-electron chi connectivity index (χ4n) is 2.94. The minimum Gasteiger partial charge on any atom is -0.372 e. The Bertz CT molecular complexity index is 167. The molecule has 1 saturated carbocycles. The molecule has 3 rings (SSSR count). The van der Waals surface area contributed by atoms with Crippen LogP contribution >= 0.6 is 0 Å².